The highest BCUT2D eigenvalue weighted by atomic mass is 32.2. The smallest absolute Gasteiger partial charge is 0.341 e. The number of hydrogen-bond donors (Lipinski definition) is 2. The molecule has 3 rings (SSSR count). The van der Waals surface area contributed by atoms with Crippen molar-refractivity contribution in [1.29, 1.82) is 0 Å². The van der Waals surface area contributed by atoms with Crippen molar-refractivity contribution in [2.24, 2.45) is 0 Å². The average molecular weight is 471 g/mol. The van der Waals surface area contributed by atoms with Crippen LogP contribution < -0.4 is 19.6 Å². The predicted octanol–water partition coefficient (Wildman–Crippen LogP) is 4.20. The van der Waals surface area contributed by atoms with Crippen molar-refractivity contribution >= 4 is 33.5 Å². The Morgan fingerprint density at radius 2 is 1.55 bits per heavy atom. The molecule has 0 heterocycles. The zero-order chi connectivity index (χ0) is 24.0. The lowest BCUT2D eigenvalue weighted by molar-refractivity contribution is 0.0599. The number of nitrogens with one attached hydrogen (secondary N) is 2. The van der Waals surface area contributed by atoms with Gasteiger partial charge in [-0.3, -0.25) is 0 Å². The lowest BCUT2D eigenvalue weighted by atomic mass is 10.2. The maximum atomic E-state index is 12.7. The molecule has 172 valence electrons. The Labute approximate surface area is 191 Å². The van der Waals surface area contributed by atoms with E-state index in [1.165, 1.54) is 43.5 Å². The third-order valence-corrected chi connectivity index (χ3v) is 5.68. The molecule has 0 unspecified atom stereocenters. The average Bonchev–Trinajstić information content (AvgIpc) is 2.79. The van der Waals surface area contributed by atoms with Crippen LogP contribution >= 0.6 is 0 Å². The van der Waals surface area contributed by atoms with Gasteiger partial charge in [-0.15, -0.1) is 0 Å². The van der Waals surface area contributed by atoms with E-state index in [9.17, 15) is 18.0 Å². The number of hydrogen-bond acceptors (Lipinski definition) is 7. The standard InChI is InChI=1S/C23H22N2O7S/c1-15-6-4-7-16(12-15)24-23(27)25-17-10-11-21(20(13-17)22(26)31-3)32-33(28,29)19-9-5-8-18(14-19)30-2/h4-14H,1-3H3,(H2,24,25,27). The van der Waals surface area contributed by atoms with Gasteiger partial charge in [-0.25, -0.2) is 9.59 Å². The Bertz CT molecular complexity index is 1290. The minimum atomic E-state index is -4.28. The largest absolute Gasteiger partial charge is 0.497 e. The van der Waals surface area contributed by atoms with E-state index in [1.807, 2.05) is 13.0 Å². The van der Waals surface area contributed by atoms with Crippen molar-refractivity contribution in [3.63, 3.8) is 0 Å². The molecule has 10 heteroatoms. The van der Waals surface area contributed by atoms with Gasteiger partial charge in [0.15, 0.2) is 5.75 Å². The van der Waals surface area contributed by atoms with Gasteiger partial charge in [-0.2, -0.15) is 8.42 Å². The SMILES string of the molecule is COC(=O)c1cc(NC(=O)Nc2cccc(C)c2)ccc1OS(=O)(=O)c1cccc(OC)c1. The molecular weight excluding hydrogens is 448 g/mol. The van der Waals surface area contributed by atoms with Gasteiger partial charge in [0.25, 0.3) is 0 Å². The van der Waals surface area contributed by atoms with Gasteiger partial charge in [-0.05, 0) is 55.0 Å². The Balaban J connectivity index is 1.84. The first-order chi connectivity index (χ1) is 15.7. The molecule has 0 radical (unpaired) electrons. The molecule has 2 amide bonds. The summed E-state index contributed by atoms with van der Waals surface area (Å²) in [7, 11) is -1.73. The second-order valence-electron chi connectivity index (χ2n) is 6.87. The van der Waals surface area contributed by atoms with Crippen molar-refractivity contribution < 1.29 is 31.7 Å². The summed E-state index contributed by atoms with van der Waals surface area (Å²) >= 11 is 0. The van der Waals surface area contributed by atoms with Gasteiger partial charge < -0.3 is 24.3 Å². The van der Waals surface area contributed by atoms with Crippen LogP contribution in [0.5, 0.6) is 11.5 Å². The highest BCUT2D eigenvalue weighted by molar-refractivity contribution is 7.87. The fourth-order valence-corrected chi connectivity index (χ4v) is 3.87. The number of carbonyl (C=O) groups is 2. The second kappa shape index (κ2) is 10.0. The zero-order valence-corrected chi connectivity index (χ0v) is 18.9. The first-order valence-electron chi connectivity index (χ1n) is 9.67. The maximum absolute atomic E-state index is 12.7. The zero-order valence-electron chi connectivity index (χ0n) is 18.1. The van der Waals surface area contributed by atoms with Crippen LogP contribution in [0.1, 0.15) is 15.9 Å². The summed E-state index contributed by atoms with van der Waals surface area (Å²) in [6.45, 7) is 1.89. The van der Waals surface area contributed by atoms with E-state index in [0.717, 1.165) is 12.7 Å². The Morgan fingerprint density at radius 1 is 0.848 bits per heavy atom. The highest BCUT2D eigenvalue weighted by Gasteiger charge is 2.23. The van der Waals surface area contributed by atoms with Crippen LogP contribution in [0.4, 0.5) is 16.2 Å². The quantitative estimate of drug-likeness (QED) is 0.392. The Kier molecular flexibility index (Phi) is 7.19. The van der Waals surface area contributed by atoms with E-state index < -0.39 is 22.1 Å². The number of aryl methyl sites for hydroxylation is 1. The number of amides is 2. The van der Waals surface area contributed by atoms with E-state index in [0.29, 0.717) is 11.4 Å². The van der Waals surface area contributed by atoms with Crippen molar-refractivity contribution in [3.8, 4) is 11.5 Å². The minimum absolute atomic E-state index is 0.155. The fraction of sp³-hybridized carbons (Fsp3) is 0.130. The van der Waals surface area contributed by atoms with E-state index in [2.05, 4.69) is 10.6 Å². The molecule has 0 aromatic heterocycles. The molecule has 0 saturated carbocycles. The van der Waals surface area contributed by atoms with Crippen molar-refractivity contribution in [2.75, 3.05) is 24.9 Å². The van der Waals surface area contributed by atoms with Crippen LogP contribution in [0.3, 0.4) is 0 Å². The summed E-state index contributed by atoms with van der Waals surface area (Å²) in [6, 6.07) is 16.3. The molecule has 3 aromatic rings. The summed E-state index contributed by atoms with van der Waals surface area (Å²) in [6.07, 6.45) is 0. The summed E-state index contributed by atoms with van der Waals surface area (Å²) in [5.41, 5.74) is 1.61. The van der Waals surface area contributed by atoms with Crippen LogP contribution in [0.25, 0.3) is 0 Å². The molecule has 0 bridgehead atoms. The first-order valence-corrected chi connectivity index (χ1v) is 11.1. The number of ether oxygens (including phenoxy) is 2. The lowest BCUT2D eigenvalue weighted by Crippen LogP contribution is -2.20. The number of methoxy groups -OCH3 is 2. The third-order valence-electron chi connectivity index (χ3n) is 4.45. The van der Waals surface area contributed by atoms with Crippen molar-refractivity contribution in [2.45, 2.75) is 11.8 Å². The Morgan fingerprint density at radius 3 is 2.21 bits per heavy atom. The van der Waals surface area contributed by atoms with Crippen molar-refractivity contribution in [1.82, 2.24) is 0 Å². The van der Waals surface area contributed by atoms with E-state index in [4.69, 9.17) is 13.7 Å². The second-order valence-corrected chi connectivity index (χ2v) is 8.41. The molecular formula is C23H22N2O7S. The number of esters is 1. The molecule has 33 heavy (non-hydrogen) atoms. The molecule has 0 fully saturated rings. The van der Waals surface area contributed by atoms with Crippen LogP contribution in [-0.4, -0.2) is 34.6 Å². The monoisotopic (exact) mass is 470 g/mol. The molecule has 3 aromatic carbocycles. The molecule has 0 atom stereocenters. The molecule has 2 N–H and O–H groups in total. The van der Waals surface area contributed by atoms with Gasteiger partial charge in [0.2, 0.25) is 0 Å². The predicted molar refractivity (Wildman–Crippen MR) is 122 cm³/mol. The van der Waals surface area contributed by atoms with Gasteiger partial charge >= 0.3 is 22.1 Å². The molecule has 0 aliphatic carbocycles. The number of urea groups is 1. The number of anilines is 2. The summed E-state index contributed by atoms with van der Waals surface area (Å²) in [5, 5.41) is 5.26. The summed E-state index contributed by atoms with van der Waals surface area (Å²) in [4.78, 5) is 24.4. The molecule has 0 saturated heterocycles. The molecule has 0 aliphatic heterocycles. The van der Waals surface area contributed by atoms with Crippen LogP contribution in [0.15, 0.2) is 71.6 Å². The molecule has 0 aliphatic rings. The van der Waals surface area contributed by atoms with E-state index >= 15 is 0 Å². The lowest BCUT2D eigenvalue weighted by Gasteiger charge is -2.13. The summed E-state index contributed by atoms with van der Waals surface area (Å²) in [5.74, 6) is -0.769. The van der Waals surface area contributed by atoms with E-state index in [1.54, 1.807) is 24.3 Å². The van der Waals surface area contributed by atoms with E-state index in [-0.39, 0.29) is 21.9 Å². The fourth-order valence-electron chi connectivity index (χ4n) is 2.89. The third kappa shape index (κ3) is 6.01. The maximum Gasteiger partial charge on any atom is 0.341 e. The molecule has 9 nitrogen and oxygen atoms in total. The van der Waals surface area contributed by atoms with Gasteiger partial charge in [0.1, 0.15) is 16.2 Å². The van der Waals surface area contributed by atoms with Gasteiger partial charge in [0, 0.05) is 17.4 Å². The number of benzene rings is 3. The van der Waals surface area contributed by atoms with Gasteiger partial charge in [-0.1, -0.05) is 18.2 Å². The van der Waals surface area contributed by atoms with Crippen LogP contribution in [0, 0.1) is 6.92 Å². The highest BCUT2D eigenvalue weighted by Crippen LogP contribution is 2.28. The topological polar surface area (TPSA) is 120 Å². The van der Waals surface area contributed by atoms with Crippen LogP contribution in [-0.2, 0) is 14.9 Å². The Hall–Kier alpha value is -4.05. The molecule has 0 spiro atoms. The summed E-state index contributed by atoms with van der Waals surface area (Å²) < 4.78 is 40.4. The van der Waals surface area contributed by atoms with Crippen molar-refractivity contribution in [3.05, 3.63) is 77.9 Å². The van der Waals surface area contributed by atoms with Gasteiger partial charge in [0.05, 0.1) is 14.2 Å². The first kappa shape index (κ1) is 23.6. The number of carbonyl (C=O) groups excluding carboxylic acids is 2. The number of rotatable bonds is 7. The minimum Gasteiger partial charge on any atom is -0.497 e. The normalized spacial score (nSPS) is 10.8. The van der Waals surface area contributed by atoms with Crippen LogP contribution in [0.2, 0.25) is 0 Å².